The van der Waals surface area contributed by atoms with Crippen molar-refractivity contribution in [2.45, 2.75) is 26.6 Å². The van der Waals surface area contributed by atoms with Crippen LogP contribution in [0.2, 0.25) is 0 Å². The third-order valence-corrected chi connectivity index (χ3v) is 6.15. The molecule has 6 nitrogen and oxygen atoms in total. The van der Waals surface area contributed by atoms with E-state index in [0.29, 0.717) is 29.6 Å². The van der Waals surface area contributed by atoms with Crippen LogP contribution >= 0.6 is 0 Å². The summed E-state index contributed by atoms with van der Waals surface area (Å²) in [6.45, 7) is 4.43. The lowest BCUT2D eigenvalue weighted by Gasteiger charge is -2.20. The van der Waals surface area contributed by atoms with Crippen LogP contribution in [0, 0.1) is 11.6 Å². The Labute approximate surface area is 220 Å². The highest BCUT2D eigenvalue weighted by Crippen LogP contribution is 2.37. The summed E-state index contributed by atoms with van der Waals surface area (Å²) in [5.74, 6) is -2.83. The highest BCUT2D eigenvalue weighted by Gasteiger charge is 2.36. The molecule has 1 N–H and O–H groups in total. The van der Waals surface area contributed by atoms with Crippen molar-refractivity contribution in [3.8, 4) is 5.75 Å². The smallest absolute Gasteiger partial charge is 0.408 e. The molecular weight excluding hydrogens is 521 g/mol. The van der Waals surface area contributed by atoms with Crippen molar-refractivity contribution in [3.05, 3.63) is 95.2 Å². The van der Waals surface area contributed by atoms with Crippen LogP contribution in [0.15, 0.2) is 66.9 Å². The second-order valence-electron chi connectivity index (χ2n) is 8.63. The van der Waals surface area contributed by atoms with Gasteiger partial charge in [0, 0.05) is 31.2 Å². The van der Waals surface area contributed by atoms with Crippen LogP contribution in [0.5, 0.6) is 5.75 Å². The summed E-state index contributed by atoms with van der Waals surface area (Å²) in [4.78, 5) is 27.2. The number of hydrogen-bond donors (Lipinski definition) is 1. The average Bonchev–Trinajstić information content (AvgIpc) is 3.28. The number of nitrogens with one attached hydrogen (secondary N) is 1. The fraction of sp³-hybridized carbons (Fsp3) is 0.214. The van der Waals surface area contributed by atoms with Gasteiger partial charge in [-0.1, -0.05) is 12.1 Å². The average molecular weight is 546 g/mol. The Bertz CT molecular complexity index is 1530. The predicted molar refractivity (Wildman–Crippen MR) is 136 cm³/mol. The lowest BCUT2D eigenvalue weighted by Crippen LogP contribution is -2.33. The molecule has 2 amide bonds. The zero-order valence-corrected chi connectivity index (χ0v) is 21.0. The van der Waals surface area contributed by atoms with E-state index in [-0.39, 0.29) is 24.0 Å². The first-order valence-electron chi connectivity index (χ1n) is 12.0. The number of rotatable bonds is 7. The van der Waals surface area contributed by atoms with E-state index in [4.69, 9.17) is 4.74 Å². The molecule has 0 atom stereocenters. The molecule has 1 aromatic heterocycles. The SMILES string of the molecule is CCN(CC)C(=O)Oc1ccc2c(ccn2Cc2cccc(F)c2)c1NC(=O)c1ccc(F)cc1C(F)(F)F. The molecule has 0 radical (unpaired) electrons. The summed E-state index contributed by atoms with van der Waals surface area (Å²) in [7, 11) is 0. The Hall–Kier alpha value is -4.41. The normalized spacial score (nSPS) is 11.5. The van der Waals surface area contributed by atoms with E-state index in [2.05, 4.69) is 5.32 Å². The third kappa shape index (κ3) is 6.02. The Kier molecular flexibility index (Phi) is 7.89. The zero-order chi connectivity index (χ0) is 28.3. The van der Waals surface area contributed by atoms with Crippen molar-refractivity contribution >= 4 is 28.6 Å². The number of anilines is 1. The van der Waals surface area contributed by atoms with Crippen molar-refractivity contribution in [1.82, 2.24) is 9.47 Å². The van der Waals surface area contributed by atoms with Gasteiger partial charge in [-0.25, -0.2) is 13.6 Å². The molecule has 0 aliphatic rings. The van der Waals surface area contributed by atoms with E-state index < -0.39 is 40.9 Å². The predicted octanol–water partition coefficient (Wildman–Crippen LogP) is 7.08. The van der Waals surface area contributed by atoms with Gasteiger partial charge in [0.05, 0.1) is 22.3 Å². The van der Waals surface area contributed by atoms with Crippen LogP contribution in [-0.2, 0) is 12.7 Å². The summed E-state index contributed by atoms with van der Waals surface area (Å²) < 4.78 is 75.3. The van der Waals surface area contributed by atoms with E-state index in [0.717, 1.165) is 12.1 Å². The summed E-state index contributed by atoms with van der Waals surface area (Å²) in [5.41, 5.74) is -1.12. The minimum atomic E-state index is -4.99. The Morgan fingerprint density at radius 3 is 2.33 bits per heavy atom. The standard InChI is InChI=1S/C28H24F5N3O3/c1-3-35(4-2)27(38)39-24-11-10-23-21(12-13-36(23)16-17-6-5-7-18(29)14-17)25(24)34-26(37)20-9-8-19(30)15-22(20)28(31,32)33/h5-15H,3-4,16H2,1-2H3,(H,34,37). The number of alkyl halides is 3. The first-order chi connectivity index (χ1) is 18.5. The van der Waals surface area contributed by atoms with Gasteiger partial charge < -0.3 is 19.5 Å². The number of fused-ring (bicyclic) bond motifs is 1. The molecule has 11 heteroatoms. The second kappa shape index (κ2) is 11.1. The number of aromatic nitrogens is 1. The zero-order valence-electron chi connectivity index (χ0n) is 21.0. The molecule has 4 rings (SSSR count). The van der Waals surface area contributed by atoms with Gasteiger partial charge in [-0.3, -0.25) is 4.79 Å². The number of amides is 2. The van der Waals surface area contributed by atoms with E-state index >= 15 is 0 Å². The molecule has 0 aliphatic carbocycles. The minimum absolute atomic E-state index is 0.0477. The molecule has 0 saturated heterocycles. The van der Waals surface area contributed by atoms with Crippen LogP contribution in [0.3, 0.4) is 0 Å². The minimum Gasteiger partial charge on any atom is -0.408 e. The molecule has 0 spiro atoms. The molecule has 39 heavy (non-hydrogen) atoms. The summed E-state index contributed by atoms with van der Waals surface area (Å²) in [6.07, 6.45) is -4.06. The van der Waals surface area contributed by atoms with E-state index in [9.17, 15) is 31.5 Å². The van der Waals surface area contributed by atoms with Crippen molar-refractivity contribution in [2.24, 2.45) is 0 Å². The number of carbonyl (C=O) groups excluding carboxylic acids is 2. The molecule has 0 unspecified atom stereocenters. The Balaban J connectivity index is 1.79. The maximum atomic E-state index is 13.7. The summed E-state index contributed by atoms with van der Waals surface area (Å²) >= 11 is 0. The van der Waals surface area contributed by atoms with Crippen LogP contribution in [-0.4, -0.2) is 34.6 Å². The number of halogens is 5. The Morgan fingerprint density at radius 2 is 1.67 bits per heavy atom. The van der Waals surface area contributed by atoms with Crippen molar-refractivity contribution < 1.29 is 36.3 Å². The highest BCUT2D eigenvalue weighted by molar-refractivity contribution is 6.11. The lowest BCUT2D eigenvalue weighted by molar-refractivity contribution is -0.138. The summed E-state index contributed by atoms with van der Waals surface area (Å²) in [6, 6.07) is 12.3. The number of hydrogen-bond acceptors (Lipinski definition) is 3. The molecule has 1 heterocycles. The third-order valence-electron chi connectivity index (χ3n) is 6.15. The van der Waals surface area contributed by atoms with Gasteiger partial charge in [0.25, 0.3) is 5.91 Å². The van der Waals surface area contributed by atoms with Crippen LogP contribution in [0.4, 0.5) is 32.4 Å². The summed E-state index contributed by atoms with van der Waals surface area (Å²) in [5, 5.41) is 2.80. The van der Waals surface area contributed by atoms with Gasteiger partial charge in [-0.15, -0.1) is 0 Å². The first-order valence-corrected chi connectivity index (χ1v) is 12.0. The molecule has 3 aromatic carbocycles. The number of carbonyl (C=O) groups is 2. The largest absolute Gasteiger partial charge is 0.417 e. The molecule has 0 bridgehead atoms. The molecule has 4 aromatic rings. The molecule has 204 valence electrons. The van der Waals surface area contributed by atoms with E-state index in [1.165, 1.54) is 23.1 Å². The van der Waals surface area contributed by atoms with Crippen LogP contribution in [0.1, 0.15) is 35.3 Å². The fourth-order valence-corrected chi connectivity index (χ4v) is 4.21. The number of nitrogens with zero attached hydrogens (tertiary/aromatic N) is 2. The van der Waals surface area contributed by atoms with Gasteiger partial charge in [0.1, 0.15) is 11.6 Å². The number of benzene rings is 3. The number of ether oxygens (including phenoxy) is 1. The molecule has 0 saturated carbocycles. The van der Waals surface area contributed by atoms with Crippen LogP contribution in [0.25, 0.3) is 10.9 Å². The monoisotopic (exact) mass is 545 g/mol. The van der Waals surface area contributed by atoms with Crippen molar-refractivity contribution in [3.63, 3.8) is 0 Å². The lowest BCUT2D eigenvalue weighted by atomic mass is 10.1. The second-order valence-corrected chi connectivity index (χ2v) is 8.63. The van der Waals surface area contributed by atoms with Gasteiger partial charge >= 0.3 is 12.3 Å². The van der Waals surface area contributed by atoms with Crippen LogP contribution < -0.4 is 10.1 Å². The molecular formula is C28H24F5N3O3. The molecule has 0 aliphatic heterocycles. The van der Waals surface area contributed by atoms with Gasteiger partial charge in [-0.2, -0.15) is 13.2 Å². The highest BCUT2D eigenvalue weighted by atomic mass is 19.4. The van der Waals surface area contributed by atoms with Crippen molar-refractivity contribution in [2.75, 3.05) is 18.4 Å². The molecule has 0 fully saturated rings. The van der Waals surface area contributed by atoms with Gasteiger partial charge in [0.2, 0.25) is 0 Å². The Morgan fingerprint density at radius 1 is 0.949 bits per heavy atom. The maximum Gasteiger partial charge on any atom is 0.417 e. The maximum absolute atomic E-state index is 13.7. The van der Waals surface area contributed by atoms with Gasteiger partial charge in [0.15, 0.2) is 5.75 Å². The fourth-order valence-electron chi connectivity index (χ4n) is 4.21. The quantitative estimate of drug-likeness (QED) is 0.253. The first kappa shape index (κ1) is 27.6. The van der Waals surface area contributed by atoms with Crippen molar-refractivity contribution in [1.29, 1.82) is 0 Å². The van der Waals surface area contributed by atoms with Gasteiger partial charge in [-0.05, 0) is 67.9 Å². The van der Waals surface area contributed by atoms with E-state index in [1.807, 2.05) is 0 Å². The topological polar surface area (TPSA) is 63.6 Å². The van der Waals surface area contributed by atoms with E-state index in [1.54, 1.807) is 48.9 Å².